The van der Waals surface area contributed by atoms with Crippen molar-refractivity contribution in [2.24, 2.45) is 0 Å². The van der Waals surface area contributed by atoms with Gasteiger partial charge in [-0.2, -0.15) is 0 Å². The van der Waals surface area contributed by atoms with Crippen LogP contribution in [-0.4, -0.2) is 11.7 Å². The summed E-state index contributed by atoms with van der Waals surface area (Å²) in [5, 5.41) is 0.380. The predicted octanol–water partition coefficient (Wildman–Crippen LogP) is 2.26. The topological polar surface area (TPSA) is 61.4 Å². The van der Waals surface area contributed by atoms with Crippen LogP contribution in [0.15, 0.2) is 56.5 Å². The summed E-state index contributed by atoms with van der Waals surface area (Å²) in [5.74, 6) is -0.0608. The summed E-state index contributed by atoms with van der Waals surface area (Å²) < 4.78 is 11.3. The van der Waals surface area contributed by atoms with Crippen molar-refractivity contribution in [1.29, 1.82) is 0 Å². The fraction of sp³-hybridized carbons (Fsp3) is 0.125. The molecule has 0 atom stereocenters. The van der Waals surface area contributed by atoms with Crippen molar-refractivity contribution >= 4 is 11.0 Å². The molecule has 0 radical (unpaired) electrons. The van der Waals surface area contributed by atoms with Crippen LogP contribution in [0, 0.1) is 6.92 Å². The lowest BCUT2D eigenvalue weighted by molar-refractivity contribution is 0.414. The first-order valence-corrected chi connectivity index (χ1v) is 6.41. The number of hydrogen-bond acceptors (Lipinski definition) is 4. The molecule has 5 nitrogen and oxygen atoms in total. The van der Waals surface area contributed by atoms with E-state index in [1.165, 1.54) is 0 Å². The molecule has 0 aliphatic carbocycles. The molecule has 5 heteroatoms. The number of methoxy groups -OCH3 is 1. The lowest BCUT2D eigenvalue weighted by Gasteiger charge is -2.06. The van der Waals surface area contributed by atoms with Gasteiger partial charge >= 0.3 is 5.76 Å². The van der Waals surface area contributed by atoms with Crippen molar-refractivity contribution in [3.8, 4) is 11.4 Å². The number of nitrogens with zero attached hydrogens (tertiary/aromatic N) is 1. The van der Waals surface area contributed by atoms with E-state index in [2.05, 4.69) is 0 Å². The Morgan fingerprint density at radius 1 is 1.05 bits per heavy atom. The maximum absolute atomic E-state index is 12.5. The van der Waals surface area contributed by atoms with Crippen LogP contribution in [0.4, 0.5) is 0 Å². The maximum atomic E-state index is 12.5. The molecule has 106 valence electrons. The van der Waals surface area contributed by atoms with Crippen LogP contribution in [-0.2, 0) is 0 Å². The summed E-state index contributed by atoms with van der Waals surface area (Å²) in [6.45, 7) is 1.88. The minimum Gasteiger partial charge on any atom is -0.497 e. The van der Waals surface area contributed by atoms with Gasteiger partial charge in [0.15, 0.2) is 0 Å². The summed E-state index contributed by atoms with van der Waals surface area (Å²) in [4.78, 5) is 24.6. The highest BCUT2D eigenvalue weighted by Crippen LogP contribution is 2.14. The first kappa shape index (κ1) is 13.2. The Bertz CT molecular complexity index is 920. The van der Waals surface area contributed by atoms with Gasteiger partial charge in [0.2, 0.25) is 0 Å². The quantitative estimate of drug-likeness (QED) is 0.723. The molecule has 0 unspecified atom stereocenters. The van der Waals surface area contributed by atoms with Gasteiger partial charge in [-0.15, -0.1) is 0 Å². The maximum Gasteiger partial charge on any atom is 0.426 e. The minimum atomic E-state index is -0.707. The van der Waals surface area contributed by atoms with Crippen LogP contribution in [0.25, 0.3) is 16.7 Å². The minimum absolute atomic E-state index is 0.292. The second kappa shape index (κ2) is 4.94. The van der Waals surface area contributed by atoms with E-state index < -0.39 is 11.3 Å². The second-order valence-corrected chi connectivity index (χ2v) is 4.71. The number of rotatable bonds is 2. The third kappa shape index (κ3) is 2.23. The molecule has 0 aliphatic rings. The van der Waals surface area contributed by atoms with E-state index in [0.717, 1.165) is 10.1 Å². The van der Waals surface area contributed by atoms with Gasteiger partial charge in [-0.25, -0.2) is 9.36 Å². The number of aryl methyl sites for hydroxylation is 1. The Morgan fingerprint density at radius 2 is 1.76 bits per heavy atom. The molecular weight excluding hydrogens is 270 g/mol. The van der Waals surface area contributed by atoms with Gasteiger partial charge in [0.25, 0.3) is 5.56 Å². The normalized spacial score (nSPS) is 10.8. The van der Waals surface area contributed by atoms with E-state index in [4.69, 9.17) is 9.15 Å². The Balaban J connectivity index is 2.31. The van der Waals surface area contributed by atoms with Crippen molar-refractivity contribution in [1.82, 2.24) is 4.57 Å². The van der Waals surface area contributed by atoms with Gasteiger partial charge in [-0.1, -0.05) is 11.6 Å². The summed E-state index contributed by atoms with van der Waals surface area (Å²) in [6, 6.07) is 11.8. The molecule has 1 aromatic heterocycles. The number of aromatic nitrogens is 1. The van der Waals surface area contributed by atoms with E-state index in [9.17, 15) is 9.59 Å². The molecule has 0 saturated carbocycles. The molecule has 0 saturated heterocycles. The molecule has 0 N–H and O–H groups in total. The monoisotopic (exact) mass is 283 g/mol. The molecule has 0 amide bonds. The first-order chi connectivity index (χ1) is 10.1. The second-order valence-electron chi connectivity index (χ2n) is 4.71. The molecule has 21 heavy (non-hydrogen) atoms. The van der Waals surface area contributed by atoms with Gasteiger partial charge in [-0.3, -0.25) is 4.79 Å². The molecular formula is C16H13NO4. The van der Waals surface area contributed by atoms with E-state index in [-0.39, 0.29) is 0 Å². The van der Waals surface area contributed by atoms with Crippen molar-refractivity contribution in [3.05, 3.63) is 68.9 Å². The average molecular weight is 283 g/mol. The molecule has 0 fully saturated rings. The van der Waals surface area contributed by atoms with Crippen LogP contribution >= 0.6 is 0 Å². The Labute approximate surface area is 120 Å². The summed E-state index contributed by atoms with van der Waals surface area (Å²) in [6.07, 6.45) is 0. The molecule has 0 bridgehead atoms. The molecule has 0 spiro atoms. The number of ether oxygens (including phenoxy) is 1. The smallest absolute Gasteiger partial charge is 0.426 e. The molecule has 0 aliphatic heterocycles. The number of fused-ring (bicyclic) bond motifs is 1. The fourth-order valence-electron chi connectivity index (χ4n) is 2.20. The van der Waals surface area contributed by atoms with Crippen LogP contribution < -0.4 is 16.1 Å². The Kier molecular flexibility index (Phi) is 3.10. The van der Waals surface area contributed by atoms with Crippen molar-refractivity contribution in [2.75, 3.05) is 7.11 Å². The number of benzene rings is 2. The Hall–Kier alpha value is -2.82. The third-order valence-corrected chi connectivity index (χ3v) is 3.28. The summed E-state index contributed by atoms with van der Waals surface area (Å²) in [5.41, 5.74) is 1.27. The SMILES string of the molecule is COc1ccc(-n2c(=O)oc3ccc(C)cc3c2=O)cc1. The highest BCUT2D eigenvalue weighted by molar-refractivity contribution is 5.76. The van der Waals surface area contributed by atoms with E-state index in [1.807, 2.05) is 6.92 Å². The largest absolute Gasteiger partial charge is 0.497 e. The van der Waals surface area contributed by atoms with Gasteiger partial charge in [0, 0.05) is 0 Å². The lowest BCUT2D eigenvalue weighted by Crippen LogP contribution is -2.30. The standard InChI is InChI=1S/C16H13NO4/c1-10-3-8-14-13(9-10)15(18)17(16(19)21-14)11-4-6-12(20-2)7-5-11/h3-9H,1-2H3. The van der Waals surface area contributed by atoms with Crippen LogP contribution in [0.5, 0.6) is 5.75 Å². The molecule has 2 aromatic carbocycles. The van der Waals surface area contributed by atoms with E-state index in [1.54, 1.807) is 49.6 Å². The van der Waals surface area contributed by atoms with Crippen LogP contribution in [0.2, 0.25) is 0 Å². The van der Waals surface area contributed by atoms with Gasteiger partial charge in [0.1, 0.15) is 11.3 Å². The van der Waals surface area contributed by atoms with Crippen molar-refractivity contribution < 1.29 is 9.15 Å². The predicted molar refractivity (Wildman–Crippen MR) is 79.4 cm³/mol. The fourth-order valence-corrected chi connectivity index (χ4v) is 2.20. The zero-order chi connectivity index (χ0) is 15.0. The lowest BCUT2D eigenvalue weighted by atomic mass is 10.2. The number of hydrogen-bond donors (Lipinski definition) is 0. The zero-order valence-corrected chi connectivity index (χ0v) is 11.6. The van der Waals surface area contributed by atoms with E-state index >= 15 is 0 Å². The molecule has 3 aromatic rings. The molecule has 3 rings (SSSR count). The van der Waals surface area contributed by atoms with Crippen molar-refractivity contribution in [2.45, 2.75) is 6.92 Å². The van der Waals surface area contributed by atoms with Gasteiger partial charge in [-0.05, 0) is 43.3 Å². The van der Waals surface area contributed by atoms with Crippen LogP contribution in [0.3, 0.4) is 0 Å². The van der Waals surface area contributed by atoms with Crippen LogP contribution in [0.1, 0.15) is 5.56 Å². The third-order valence-electron chi connectivity index (χ3n) is 3.28. The van der Waals surface area contributed by atoms with Gasteiger partial charge < -0.3 is 9.15 Å². The van der Waals surface area contributed by atoms with Gasteiger partial charge in [0.05, 0.1) is 18.2 Å². The average Bonchev–Trinajstić information content (AvgIpc) is 2.49. The summed E-state index contributed by atoms with van der Waals surface area (Å²) >= 11 is 0. The zero-order valence-electron chi connectivity index (χ0n) is 11.6. The van der Waals surface area contributed by atoms with E-state index in [0.29, 0.717) is 22.4 Å². The van der Waals surface area contributed by atoms with Crippen molar-refractivity contribution in [3.63, 3.8) is 0 Å². The highest BCUT2D eigenvalue weighted by atomic mass is 16.5. The summed E-state index contributed by atoms with van der Waals surface area (Å²) in [7, 11) is 1.55. The first-order valence-electron chi connectivity index (χ1n) is 6.41. The Morgan fingerprint density at radius 3 is 2.43 bits per heavy atom. The highest BCUT2D eigenvalue weighted by Gasteiger charge is 2.11. The molecule has 1 heterocycles.